The monoisotopic (exact) mass is 252 g/mol. The standard InChI is InChI=1S/C10H11Cl3O/c1-14-10-8(5-12)2-7(4-11)3-9(10)6-13/h2-3H,4-6H2,1H3. The van der Waals surface area contributed by atoms with E-state index in [1.54, 1.807) is 7.11 Å². The van der Waals surface area contributed by atoms with Gasteiger partial charge in [0.2, 0.25) is 0 Å². The van der Waals surface area contributed by atoms with Gasteiger partial charge in [-0.1, -0.05) is 0 Å². The Morgan fingerprint density at radius 1 is 1.00 bits per heavy atom. The molecule has 0 saturated carbocycles. The summed E-state index contributed by atoms with van der Waals surface area (Å²) >= 11 is 17.4. The lowest BCUT2D eigenvalue weighted by molar-refractivity contribution is 0.407. The van der Waals surface area contributed by atoms with Crippen LogP contribution in [0.2, 0.25) is 0 Å². The second-order valence-electron chi connectivity index (χ2n) is 2.85. The molecule has 78 valence electrons. The number of ether oxygens (including phenoxy) is 1. The Bertz CT molecular complexity index is 287. The van der Waals surface area contributed by atoms with Crippen LogP contribution in [0.15, 0.2) is 12.1 Å². The van der Waals surface area contributed by atoms with Gasteiger partial charge in [0.05, 0.1) is 18.9 Å². The van der Waals surface area contributed by atoms with E-state index in [9.17, 15) is 0 Å². The van der Waals surface area contributed by atoms with Crippen molar-refractivity contribution in [2.45, 2.75) is 17.6 Å². The molecule has 1 nitrogen and oxygen atoms in total. The zero-order valence-corrected chi connectivity index (χ0v) is 10.1. The van der Waals surface area contributed by atoms with Gasteiger partial charge in [-0.15, -0.1) is 34.8 Å². The van der Waals surface area contributed by atoms with Gasteiger partial charge >= 0.3 is 0 Å². The van der Waals surface area contributed by atoms with Crippen LogP contribution in [-0.4, -0.2) is 7.11 Å². The first-order valence-corrected chi connectivity index (χ1v) is 5.73. The van der Waals surface area contributed by atoms with Crippen molar-refractivity contribution in [2.75, 3.05) is 7.11 Å². The van der Waals surface area contributed by atoms with Gasteiger partial charge in [-0.25, -0.2) is 0 Å². The molecule has 14 heavy (non-hydrogen) atoms. The summed E-state index contributed by atoms with van der Waals surface area (Å²) in [5, 5.41) is 0. The van der Waals surface area contributed by atoms with Crippen LogP contribution in [-0.2, 0) is 17.6 Å². The molecular formula is C10H11Cl3O. The predicted octanol–water partition coefficient (Wildman–Crippen LogP) is 3.91. The van der Waals surface area contributed by atoms with Crippen molar-refractivity contribution in [3.63, 3.8) is 0 Å². The SMILES string of the molecule is COc1c(CCl)cc(CCl)cc1CCl. The van der Waals surface area contributed by atoms with Crippen LogP contribution in [0.4, 0.5) is 0 Å². The van der Waals surface area contributed by atoms with E-state index >= 15 is 0 Å². The lowest BCUT2D eigenvalue weighted by Gasteiger charge is -2.12. The first-order valence-electron chi connectivity index (χ1n) is 4.13. The Kier molecular flexibility index (Phi) is 4.86. The van der Waals surface area contributed by atoms with Crippen LogP contribution in [0.5, 0.6) is 5.75 Å². The molecule has 0 bridgehead atoms. The van der Waals surface area contributed by atoms with E-state index in [4.69, 9.17) is 39.5 Å². The van der Waals surface area contributed by atoms with E-state index in [2.05, 4.69) is 0 Å². The van der Waals surface area contributed by atoms with Gasteiger partial charge in [-0.05, 0) is 17.7 Å². The van der Waals surface area contributed by atoms with Crippen LogP contribution in [0, 0.1) is 0 Å². The fourth-order valence-corrected chi connectivity index (χ4v) is 1.92. The maximum Gasteiger partial charge on any atom is 0.127 e. The second-order valence-corrected chi connectivity index (χ2v) is 3.65. The summed E-state index contributed by atoms with van der Waals surface area (Å²) in [6.45, 7) is 0. The molecule has 1 aromatic rings. The van der Waals surface area contributed by atoms with Crippen molar-refractivity contribution in [1.82, 2.24) is 0 Å². The highest BCUT2D eigenvalue weighted by Crippen LogP contribution is 2.29. The van der Waals surface area contributed by atoms with E-state index in [0.29, 0.717) is 17.6 Å². The summed E-state index contributed by atoms with van der Waals surface area (Å²) < 4.78 is 5.25. The molecule has 0 amide bonds. The number of benzene rings is 1. The third kappa shape index (κ3) is 2.47. The highest BCUT2D eigenvalue weighted by atomic mass is 35.5. The Morgan fingerprint density at radius 3 is 1.79 bits per heavy atom. The summed E-state index contributed by atoms with van der Waals surface area (Å²) in [6, 6.07) is 3.88. The zero-order chi connectivity index (χ0) is 10.6. The normalized spacial score (nSPS) is 10.3. The molecule has 0 saturated heterocycles. The smallest absolute Gasteiger partial charge is 0.127 e. The first-order chi connectivity index (χ1) is 6.76. The van der Waals surface area contributed by atoms with Gasteiger partial charge in [0.1, 0.15) is 5.75 Å². The summed E-state index contributed by atoms with van der Waals surface area (Å²) in [7, 11) is 1.61. The number of halogens is 3. The predicted molar refractivity (Wildman–Crippen MR) is 61.7 cm³/mol. The van der Waals surface area contributed by atoms with E-state index in [-0.39, 0.29) is 0 Å². The molecule has 0 N–H and O–H groups in total. The van der Waals surface area contributed by atoms with Gasteiger partial charge in [-0.2, -0.15) is 0 Å². The molecule has 0 aromatic heterocycles. The molecule has 0 fully saturated rings. The lowest BCUT2D eigenvalue weighted by atomic mass is 10.1. The Labute approximate surface area is 98.9 Å². The molecular weight excluding hydrogens is 242 g/mol. The number of methoxy groups -OCH3 is 1. The van der Waals surface area contributed by atoms with Crippen molar-refractivity contribution in [3.05, 3.63) is 28.8 Å². The van der Waals surface area contributed by atoms with Crippen LogP contribution >= 0.6 is 34.8 Å². The number of hydrogen-bond donors (Lipinski definition) is 0. The van der Waals surface area contributed by atoms with Crippen LogP contribution in [0.3, 0.4) is 0 Å². The molecule has 1 rings (SSSR count). The molecule has 0 heterocycles. The van der Waals surface area contributed by atoms with E-state index in [1.165, 1.54) is 0 Å². The maximum atomic E-state index is 5.80. The van der Waals surface area contributed by atoms with E-state index in [0.717, 1.165) is 22.4 Å². The fourth-order valence-electron chi connectivity index (χ4n) is 1.36. The maximum absolute atomic E-state index is 5.80. The highest BCUT2D eigenvalue weighted by Gasteiger charge is 2.09. The number of alkyl halides is 3. The number of hydrogen-bond acceptors (Lipinski definition) is 1. The molecule has 4 heteroatoms. The van der Waals surface area contributed by atoms with Crippen molar-refractivity contribution in [3.8, 4) is 5.75 Å². The van der Waals surface area contributed by atoms with Crippen molar-refractivity contribution in [1.29, 1.82) is 0 Å². The zero-order valence-electron chi connectivity index (χ0n) is 7.82. The fraction of sp³-hybridized carbons (Fsp3) is 0.400. The minimum absolute atomic E-state index is 0.401. The van der Waals surface area contributed by atoms with Gasteiger partial charge in [0, 0.05) is 17.0 Å². The third-order valence-electron chi connectivity index (χ3n) is 1.95. The molecule has 0 aliphatic heterocycles. The highest BCUT2D eigenvalue weighted by molar-refractivity contribution is 6.18. The van der Waals surface area contributed by atoms with Crippen LogP contribution in [0.25, 0.3) is 0 Å². The van der Waals surface area contributed by atoms with Crippen molar-refractivity contribution >= 4 is 34.8 Å². The minimum atomic E-state index is 0.401. The second kappa shape index (κ2) is 5.69. The molecule has 0 spiro atoms. The first kappa shape index (κ1) is 12.0. The molecule has 0 aliphatic carbocycles. The average Bonchev–Trinajstić information content (AvgIpc) is 2.26. The summed E-state index contributed by atoms with van der Waals surface area (Å²) in [4.78, 5) is 0. The van der Waals surface area contributed by atoms with Gasteiger partial charge in [-0.3, -0.25) is 0 Å². The van der Waals surface area contributed by atoms with Crippen LogP contribution < -0.4 is 4.74 Å². The van der Waals surface area contributed by atoms with E-state index in [1.807, 2.05) is 12.1 Å². The molecule has 0 atom stereocenters. The average molecular weight is 254 g/mol. The summed E-state index contributed by atoms with van der Waals surface area (Å²) in [5.41, 5.74) is 2.88. The Morgan fingerprint density at radius 2 is 1.50 bits per heavy atom. The summed E-state index contributed by atoms with van der Waals surface area (Å²) in [5.74, 6) is 2.02. The summed E-state index contributed by atoms with van der Waals surface area (Å²) in [6.07, 6.45) is 0. The largest absolute Gasteiger partial charge is 0.496 e. The van der Waals surface area contributed by atoms with Gasteiger partial charge in [0.25, 0.3) is 0 Å². The number of rotatable bonds is 4. The third-order valence-corrected chi connectivity index (χ3v) is 2.83. The molecule has 0 radical (unpaired) electrons. The quantitative estimate of drug-likeness (QED) is 0.739. The molecule has 0 unspecified atom stereocenters. The molecule has 1 aromatic carbocycles. The lowest BCUT2D eigenvalue weighted by Crippen LogP contribution is -1.96. The van der Waals surface area contributed by atoms with Crippen molar-refractivity contribution in [2.24, 2.45) is 0 Å². The van der Waals surface area contributed by atoms with Crippen molar-refractivity contribution < 1.29 is 4.74 Å². The Hall–Kier alpha value is -0.110. The van der Waals surface area contributed by atoms with Gasteiger partial charge in [0.15, 0.2) is 0 Å². The van der Waals surface area contributed by atoms with E-state index < -0.39 is 0 Å². The Balaban J connectivity index is 3.24. The molecule has 0 aliphatic rings. The van der Waals surface area contributed by atoms with Gasteiger partial charge < -0.3 is 4.74 Å². The van der Waals surface area contributed by atoms with Crippen LogP contribution in [0.1, 0.15) is 16.7 Å². The topological polar surface area (TPSA) is 9.23 Å². The minimum Gasteiger partial charge on any atom is -0.496 e.